The molecule has 1 aromatic heterocycles. The van der Waals surface area contributed by atoms with Crippen molar-refractivity contribution in [3.63, 3.8) is 0 Å². The Bertz CT molecular complexity index is 1120. The van der Waals surface area contributed by atoms with Crippen LogP contribution in [-0.4, -0.2) is 39.0 Å². The molecule has 0 unspecified atom stereocenters. The molecule has 1 aliphatic rings. The molecule has 2 aromatic carbocycles. The third-order valence-electron chi connectivity index (χ3n) is 5.07. The Balaban J connectivity index is 1.34. The van der Waals surface area contributed by atoms with E-state index in [9.17, 15) is 14.4 Å². The van der Waals surface area contributed by atoms with Gasteiger partial charge in [-0.15, -0.1) is 0 Å². The number of aromatic nitrogens is 2. The fraction of sp³-hybridized carbons (Fsp3) is 0.217. The van der Waals surface area contributed by atoms with Crippen molar-refractivity contribution in [2.24, 2.45) is 0 Å². The zero-order valence-electron chi connectivity index (χ0n) is 16.6. The van der Waals surface area contributed by atoms with Crippen LogP contribution in [0.3, 0.4) is 0 Å². The van der Waals surface area contributed by atoms with E-state index in [0.29, 0.717) is 52.7 Å². The monoisotopic (exact) mass is 419 g/mol. The first-order valence-electron chi connectivity index (χ1n) is 9.76. The number of rotatable bonds is 7. The zero-order valence-corrected chi connectivity index (χ0v) is 17.4. The third-order valence-corrected chi connectivity index (χ3v) is 6.03. The van der Waals surface area contributed by atoms with Crippen LogP contribution in [0.15, 0.2) is 64.5 Å². The summed E-state index contributed by atoms with van der Waals surface area (Å²) in [6.07, 6.45) is 1.16. The number of fused-ring (bicyclic) bond motifs is 1. The molecule has 6 nitrogen and oxygen atoms in total. The molecule has 2 heterocycles. The lowest BCUT2D eigenvalue weighted by molar-refractivity contribution is 0.0655. The molecule has 1 aliphatic heterocycles. The number of imide groups is 1. The van der Waals surface area contributed by atoms with E-state index in [2.05, 4.69) is 9.97 Å². The standard InChI is InChI=1S/C23H21N3O3S/c1-15-19(14-16-8-3-2-4-9-16)20(27)25-23(24-15)30-13-7-12-26-21(28)17-10-5-6-11-18(17)22(26)29/h2-6,8-11H,7,12-14H2,1H3,(H,24,25,27). The van der Waals surface area contributed by atoms with Crippen LogP contribution in [0.1, 0.15) is 44.0 Å². The van der Waals surface area contributed by atoms with Crippen molar-refractivity contribution in [3.8, 4) is 0 Å². The van der Waals surface area contributed by atoms with Crippen LogP contribution in [0.5, 0.6) is 0 Å². The van der Waals surface area contributed by atoms with Crippen LogP contribution in [0.2, 0.25) is 0 Å². The predicted octanol–water partition coefficient (Wildman–Crippen LogP) is 3.45. The second kappa shape index (κ2) is 8.67. The van der Waals surface area contributed by atoms with Crippen LogP contribution in [0.4, 0.5) is 0 Å². The molecule has 1 N–H and O–H groups in total. The largest absolute Gasteiger partial charge is 0.301 e. The van der Waals surface area contributed by atoms with E-state index < -0.39 is 0 Å². The van der Waals surface area contributed by atoms with E-state index in [1.165, 1.54) is 16.7 Å². The summed E-state index contributed by atoms with van der Waals surface area (Å²) in [6.45, 7) is 2.19. The van der Waals surface area contributed by atoms with Gasteiger partial charge < -0.3 is 4.98 Å². The molecular weight excluding hydrogens is 398 g/mol. The number of aromatic amines is 1. The molecule has 7 heteroatoms. The summed E-state index contributed by atoms with van der Waals surface area (Å²) in [5.74, 6) is 0.148. The highest BCUT2D eigenvalue weighted by atomic mass is 32.2. The summed E-state index contributed by atoms with van der Waals surface area (Å²) in [7, 11) is 0. The Labute approximate surface area is 178 Å². The second-order valence-corrected chi connectivity index (χ2v) is 8.19. The Morgan fingerprint density at radius 3 is 2.20 bits per heavy atom. The molecule has 30 heavy (non-hydrogen) atoms. The van der Waals surface area contributed by atoms with Crippen molar-refractivity contribution < 1.29 is 9.59 Å². The van der Waals surface area contributed by atoms with Crippen molar-refractivity contribution in [2.45, 2.75) is 24.9 Å². The summed E-state index contributed by atoms with van der Waals surface area (Å²) >= 11 is 1.42. The molecule has 3 aromatic rings. The number of hydrogen-bond acceptors (Lipinski definition) is 5. The molecule has 2 amide bonds. The van der Waals surface area contributed by atoms with Crippen molar-refractivity contribution >= 4 is 23.6 Å². The highest BCUT2D eigenvalue weighted by Crippen LogP contribution is 2.23. The number of amides is 2. The maximum atomic E-state index is 12.5. The molecule has 0 atom stereocenters. The molecule has 0 radical (unpaired) electrons. The Kier molecular flexibility index (Phi) is 5.81. The van der Waals surface area contributed by atoms with E-state index in [1.807, 2.05) is 37.3 Å². The molecule has 0 fully saturated rings. The number of H-pyrrole nitrogens is 1. The van der Waals surface area contributed by atoms with Crippen LogP contribution in [-0.2, 0) is 6.42 Å². The fourth-order valence-electron chi connectivity index (χ4n) is 3.49. The molecule has 152 valence electrons. The average Bonchev–Trinajstić information content (AvgIpc) is 2.99. The molecule has 0 saturated carbocycles. The van der Waals surface area contributed by atoms with Gasteiger partial charge in [0, 0.05) is 30.0 Å². The summed E-state index contributed by atoms with van der Waals surface area (Å²) in [4.78, 5) is 45.9. The SMILES string of the molecule is Cc1nc(SCCCN2C(=O)c3ccccc3C2=O)[nH]c(=O)c1Cc1ccccc1. The highest BCUT2D eigenvalue weighted by molar-refractivity contribution is 7.99. The van der Waals surface area contributed by atoms with Crippen molar-refractivity contribution in [3.05, 3.63) is 92.9 Å². The van der Waals surface area contributed by atoms with Gasteiger partial charge in [0.05, 0.1) is 11.1 Å². The zero-order chi connectivity index (χ0) is 21.1. The lowest BCUT2D eigenvalue weighted by atomic mass is 10.1. The molecule has 0 aliphatic carbocycles. The van der Waals surface area contributed by atoms with Crippen LogP contribution < -0.4 is 5.56 Å². The summed E-state index contributed by atoms with van der Waals surface area (Å²) < 4.78 is 0. The van der Waals surface area contributed by atoms with Crippen LogP contribution in [0.25, 0.3) is 0 Å². The minimum Gasteiger partial charge on any atom is -0.301 e. The van der Waals surface area contributed by atoms with Gasteiger partial charge in [0.15, 0.2) is 5.16 Å². The van der Waals surface area contributed by atoms with Crippen LogP contribution >= 0.6 is 11.8 Å². The lowest BCUT2D eigenvalue weighted by Crippen LogP contribution is -2.31. The van der Waals surface area contributed by atoms with E-state index in [1.54, 1.807) is 24.3 Å². The van der Waals surface area contributed by atoms with Gasteiger partial charge in [-0.3, -0.25) is 19.3 Å². The van der Waals surface area contributed by atoms with Gasteiger partial charge >= 0.3 is 0 Å². The third kappa shape index (κ3) is 4.07. The molecule has 0 saturated heterocycles. The molecular formula is C23H21N3O3S. The quantitative estimate of drug-likeness (QED) is 0.274. The van der Waals surface area contributed by atoms with E-state index in [4.69, 9.17) is 0 Å². The summed E-state index contributed by atoms with van der Waals surface area (Å²) in [5.41, 5.74) is 3.24. The maximum Gasteiger partial charge on any atom is 0.261 e. The number of benzene rings is 2. The van der Waals surface area contributed by atoms with Gasteiger partial charge in [0.25, 0.3) is 17.4 Å². The van der Waals surface area contributed by atoms with Crippen molar-refractivity contribution in [1.29, 1.82) is 0 Å². The number of hydrogen-bond donors (Lipinski definition) is 1. The Morgan fingerprint density at radius 2 is 1.57 bits per heavy atom. The van der Waals surface area contributed by atoms with Gasteiger partial charge in [-0.05, 0) is 31.0 Å². The Hall–Kier alpha value is -3.19. The summed E-state index contributed by atoms with van der Waals surface area (Å²) in [6, 6.07) is 16.7. The normalized spacial score (nSPS) is 13.0. The number of carbonyl (C=O) groups excluding carboxylic acids is 2. The number of nitrogens with zero attached hydrogens (tertiary/aromatic N) is 2. The summed E-state index contributed by atoms with van der Waals surface area (Å²) in [5, 5.41) is 0.552. The molecule has 0 bridgehead atoms. The Morgan fingerprint density at radius 1 is 0.933 bits per heavy atom. The van der Waals surface area contributed by atoms with Gasteiger partial charge in [-0.1, -0.05) is 54.2 Å². The minimum absolute atomic E-state index is 0.130. The molecule has 0 spiro atoms. The topological polar surface area (TPSA) is 83.1 Å². The first-order chi connectivity index (χ1) is 14.5. The van der Waals surface area contributed by atoms with E-state index >= 15 is 0 Å². The smallest absolute Gasteiger partial charge is 0.261 e. The first-order valence-corrected chi connectivity index (χ1v) is 10.7. The van der Waals surface area contributed by atoms with Crippen LogP contribution in [0, 0.1) is 6.92 Å². The molecule has 4 rings (SSSR count). The number of carbonyl (C=O) groups is 2. The van der Waals surface area contributed by atoms with E-state index in [-0.39, 0.29) is 17.4 Å². The maximum absolute atomic E-state index is 12.5. The second-order valence-electron chi connectivity index (χ2n) is 7.11. The van der Waals surface area contributed by atoms with Gasteiger partial charge in [-0.25, -0.2) is 4.98 Å². The van der Waals surface area contributed by atoms with Gasteiger partial charge in [0.1, 0.15) is 0 Å². The highest BCUT2D eigenvalue weighted by Gasteiger charge is 2.34. The van der Waals surface area contributed by atoms with Crippen molar-refractivity contribution in [2.75, 3.05) is 12.3 Å². The van der Waals surface area contributed by atoms with Gasteiger partial charge in [-0.2, -0.15) is 0 Å². The number of nitrogens with one attached hydrogen (secondary N) is 1. The average molecular weight is 420 g/mol. The fourth-order valence-corrected chi connectivity index (χ4v) is 4.33. The number of thioether (sulfide) groups is 1. The lowest BCUT2D eigenvalue weighted by Gasteiger charge is -2.13. The minimum atomic E-state index is -0.242. The van der Waals surface area contributed by atoms with E-state index in [0.717, 1.165) is 5.56 Å². The first kappa shape index (κ1) is 20.1. The van der Waals surface area contributed by atoms with Crippen molar-refractivity contribution in [1.82, 2.24) is 14.9 Å². The predicted molar refractivity (Wildman–Crippen MR) is 116 cm³/mol. The van der Waals surface area contributed by atoms with Gasteiger partial charge in [0.2, 0.25) is 0 Å². The number of aryl methyl sites for hydroxylation is 1.